The van der Waals surface area contributed by atoms with Crippen molar-refractivity contribution in [3.63, 3.8) is 0 Å². The van der Waals surface area contributed by atoms with Crippen molar-refractivity contribution in [2.45, 2.75) is 13.5 Å². The zero-order valence-electron chi connectivity index (χ0n) is 17.9. The van der Waals surface area contributed by atoms with E-state index in [1.54, 1.807) is 31.4 Å². The highest BCUT2D eigenvalue weighted by molar-refractivity contribution is 5.98. The molecule has 1 heterocycles. The fourth-order valence-corrected chi connectivity index (χ4v) is 3.73. The van der Waals surface area contributed by atoms with Crippen LogP contribution < -0.4 is 4.74 Å². The van der Waals surface area contributed by atoms with Crippen LogP contribution in [0.1, 0.15) is 21.7 Å². The second-order valence-electron chi connectivity index (χ2n) is 7.44. The van der Waals surface area contributed by atoms with E-state index in [0.29, 0.717) is 16.8 Å². The number of carbonyl (C=O) groups is 2. The zero-order valence-corrected chi connectivity index (χ0v) is 17.9. The number of nitrogens with zero attached hydrogens (tertiary/aromatic N) is 3. The molecule has 1 aromatic heterocycles. The highest BCUT2D eigenvalue weighted by atomic mass is 16.5. The first-order valence-corrected chi connectivity index (χ1v) is 10.1. The molecular formula is C25H23N3O4. The van der Waals surface area contributed by atoms with Gasteiger partial charge < -0.3 is 14.7 Å². The lowest BCUT2D eigenvalue weighted by Gasteiger charge is -2.21. The quantitative estimate of drug-likeness (QED) is 0.479. The second kappa shape index (κ2) is 8.93. The van der Waals surface area contributed by atoms with E-state index in [9.17, 15) is 14.7 Å². The monoisotopic (exact) mass is 429 g/mol. The molecule has 7 nitrogen and oxygen atoms in total. The highest BCUT2D eigenvalue weighted by Gasteiger charge is 2.20. The highest BCUT2D eigenvalue weighted by Crippen LogP contribution is 2.23. The number of aryl methyl sites for hydroxylation is 1. The van der Waals surface area contributed by atoms with Crippen molar-refractivity contribution in [3.05, 3.63) is 89.7 Å². The van der Waals surface area contributed by atoms with E-state index < -0.39 is 12.5 Å². The largest absolute Gasteiger partial charge is 0.497 e. The Morgan fingerprint density at radius 2 is 1.75 bits per heavy atom. The smallest absolute Gasteiger partial charge is 0.323 e. The van der Waals surface area contributed by atoms with Crippen LogP contribution in [0, 0.1) is 6.92 Å². The lowest BCUT2D eigenvalue weighted by molar-refractivity contribution is -0.137. The van der Waals surface area contributed by atoms with Gasteiger partial charge in [-0.15, -0.1) is 0 Å². The standard InChI is InChI=1S/C25H23N3O4/c1-17-26-22-14-19(10-13-23(22)28(17)20-6-4-3-5-7-20)25(31)27(16-24(29)30)15-18-8-11-21(32-2)12-9-18/h3-14H,15-16H2,1-2H3,(H,29,30). The summed E-state index contributed by atoms with van der Waals surface area (Å²) in [6.07, 6.45) is 0. The molecule has 3 aromatic carbocycles. The number of hydrogen-bond donors (Lipinski definition) is 1. The zero-order chi connectivity index (χ0) is 22.7. The second-order valence-corrected chi connectivity index (χ2v) is 7.44. The SMILES string of the molecule is COc1ccc(CN(CC(=O)O)C(=O)c2ccc3c(c2)nc(C)n3-c2ccccc2)cc1. The maximum absolute atomic E-state index is 13.2. The molecular weight excluding hydrogens is 406 g/mol. The lowest BCUT2D eigenvalue weighted by atomic mass is 10.1. The third-order valence-electron chi connectivity index (χ3n) is 5.23. The molecule has 4 rings (SSSR count). The number of fused-ring (bicyclic) bond motifs is 1. The van der Waals surface area contributed by atoms with Crippen molar-refractivity contribution in [2.24, 2.45) is 0 Å². The van der Waals surface area contributed by atoms with Crippen LogP contribution >= 0.6 is 0 Å². The first-order chi connectivity index (χ1) is 15.5. The van der Waals surface area contributed by atoms with Gasteiger partial charge in [-0.3, -0.25) is 14.2 Å². The van der Waals surface area contributed by atoms with E-state index in [2.05, 4.69) is 4.98 Å². The number of carbonyl (C=O) groups excluding carboxylic acids is 1. The number of benzene rings is 3. The third kappa shape index (κ3) is 4.32. The molecule has 162 valence electrons. The number of rotatable bonds is 7. The molecule has 0 bridgehead atoms. The number of amides is 1. The molecule has 0 spiro atoms. The van der Waals surface area contributed by atoms with E-state index in [0.717, 1.165) is 22.6 Å². The maximum Gasteiger partial charge on any atom is 0.323 e. The Bertz CT molecular complexity index is 1260. The molecule has 0 aliphatic carbocycles. The normalized spacial score (nSPS) is 10.8. The van der Waals surface area contributed by atoms with Crippen LogP contribution in [0.4, 0.5) is 0 Å². The fraction of sp³-hybridized carbons (Fsp3) is 0.160. The van der Waals surface area contributed by atoms with Gasteiger partial charge in [-0.25, -0.2) is 4.98 Å². The van der Waals surface area contributed by atoms with Crippen LogP contribution in [-0.2, 0) is 11.3 Å². The number of aromatic nitrogens is 2. The average molecular weight is 429 g/mol. The number of hydrogen-bond acceptors (Lipinski definition) is 4. The van der Waals surface area contributed by atoms with E-state index in [4.69, 9.17) is 4.74 Å². The molecule has 1 amide bonds. The van der Waals surface area contributed by atoms with Crippen LogP contribution in [0.15, 0.2) is 72.8 Å². The Morgan fingerprint density at radius 1 is 1.03 bits per heavy atom. The minimum Gasteiger partial charge on any atom is -0.497 e. The summed E-state index contributed by atoms with van der Waals surface area (Å²) in [4.78, 5) is 30.6. The Labute approximate surface area is 185 Å². The molecule has 7 heteroatoms. The predicted molar refractivity (Wildman–Crippen MR) is 121 cm³/mol. The summed E-state index contributed by atoms with van der Waals surface area (Å²) in [6, 6.07) is 22.3. The van der Waals surface area contributed by atoms with E-state index in [1.165, 1.54) is 4.90 Å². The Kier molecular flexibility index (Phi) is 5.89. The number of carboxylic acid groups (broad SMARTS) is 1. The van der Waals surface area contributed by atoms with E-state index >= 15 is 0 Å². The summed E-state index contributed by atoms with van der Waals surface area (Å²) in [6.45, 7) is 1.68. The van der Waals surface area contributed by atoms with Gasteiger partial charge in [-0.1, -0.05) is 30.3 Å². The van der Waals surface area contributed by atoms with Crippen LogP contribution in [0.25, 0.3) is 16.7 Å². The van der Waals surface area contributed by atoms with Crippen molar-refractivity contribution in [3.8, 4) is 11.4 Å². The molecule has 32 heavy (non-hydrogen) atoms. The van der Waals surface area contributed by atoms with Crippen molar-refractivity contribution in [1.82, 2.24) is 14.5 Å². The molecule has 0 aliphatic heterocycles. The van der Waals surface area contributed by atoms with E-state index in [1.807, 2.05) is 60.0 Å². The third-order valence-corrected chi connectivity index (χ3v) is 5.23. The van der Waals surface area contributed by atoms with Crippen LogP contribution in [0.5, 0.6) is 5.75 Å². The Hall–Kier alpha value is -4.13. The number of para-hydroxylation sites is 1. The number of carboxylic acids is 1. The van der Waals surface area contributed by atoms with Crippen molar-refractivity contribution in [2.75, 3.05) is 13.7 Å². The number of methoxy groups -OCH3 is 1. The van der Waals surface area contributed by atoms with Gasteiger partial charge in [-0.2, -0.15) is 0 Å². The van der Waals surface area contributed by atoms with Gasteiger partial charge in [0, 0.05) is 17.8 Å². The van der Waals surface area contributed by atoms with Gasteiger partial charge in [-0.05, 0) is 55.0 Å². The molecule has 4 aromatic rings. The molecule has 0 radical (unpaired) electrons. The molecule has 0 saturated carbocycles. The molecule has 0 atom stereocenters. The molecule has 0 fully saturated rings. The fourth-order valence-electron chi connectivity index (χ4n) is 3.73. The van der Waals surface area contributed by atoms with Gasteiger partial charge in [0.05, 0.1) is 18.1 Å². The number of imidazole rings is 1. The first-order valence-electron chi connectivity index (χ1n) is 10.1. The Balaban J connectivity index is 1.65. The van der Waals surface area contributed by atoms with Crippen LogP contribution in [0.2, 0.25) is 0 Å². The lowest BCUT2D eigenvalue weighted by Crippen LogP contribution is -2.35. The van der Waals surface area contributed by atoms with Crippen LogP contribution in [-0.4, -0.2) is 45.1 Å². The minimum absolute atomic E-state index is 0.171. The predicted octanol–water partition coefficient (Wildman–Crippen LogP) is 4.07. The van der Waals surface area contributed by atoms with E-state index in [-0.39, 0.29) is 12.5 Å². The van der Waals surface area contributed by atoms with Crippen molar-refractivity contribution < 1.29 is 19.4 Å². The molecule has 0 aliphatic rings. The van der Waals surface area contributed by atoms with Gasteiger partial charge in [0.15, 0.2) is 0 Å². The van der Waals surface area contributed by atoms with Crippen molar-refractivity contribution >= 4 is 22.9 Å². The summed E-state index contributed by atoms with van der Waals surface area (Å²) in [5.74, 6) is 0.0604. The summed E-state index contributed by atoms with van der Waals surface area (Å²) in [5.41, 5.74) is 3.75. The average Bonchev–Trinajstić information content (AvgIpc) is 3.13. The van der Waals surface area contributed by atoms with Gasteiger partial charge in [0.1, 0.15) is 18.1 Å². The van der Waals surface area contributed by atoms with Gasteiger partial charge in [0.25, 0.3) is 5.91 Å². The van der Waals surface area contributed by atoms with Crippen molar-refractivity contribution in [1.29, 1.82) is 0 Å². The molecule has 0 unspecified atom stereocenters. The number of aliphatic carboxylic acids is 1. The minimum atomic E-state index is -1.07. The van der Waals surface area contributed by atoms with Gasteiger partial charge >= 0.3 is 5.97 Å². The molecule has 1 N–H and O–H groups in total. The summed E-state index contributed by atoms with van der Waals surface area (Å²) in [5, 5.41) is 9.35. The van der Waals surface area contributed by atoms with Crippen LogP contribution in [0.3, 0.4) is 0 Å². The summed E-state index contributed by atoms with van der Waals surface area (Å²) in [7, 11) is 1.58. The number of ether oxygens (including phenoxy) is 1. The topological polar surface area (TPSA) is 84.7 Å². The summed E-state index contributed by atoms with van der Waals surface area (Å²) >= 11 is 0. The summed E-state index contributed by atoms with van der Waals surface area (Å²) < 4.78 is 7.18. The first kappa shape index (κ1) is 21.1. The maximum atomic E-state index is 13.2. The van der Waals surface area contributed by atoms with Gasteiger partial charge in [0.2, 0.25) is 0 Å². The molecule has 0 saturated heterocycles. The Morgan fingerprint density at radius 3 is 2.41 bits per heavy atom.